The average molecular weight is 231 g/mol. The number of aromatic hydroxyl groups is 1. The number of hydrogen-bond donors (Lipinski definition) is 2. The Labute approximate surface area is 103 Å². The van der Waals surface area contributed by atoms with Gasteiger partial charge in [0.15, 0.2) is 0 Å². The van der Waals surface area contributed by atoms with Crippen LogP contribution in [0.15, 0.2) is 18.2 Å². The standard InChI is InChI=1S/C15H21NO/c1-3-11-8-15(2)9-12(16-11)6-10-4-5-13(17)7-14(10)15/h4-5,7,11-12,16-17H,3,6,8-9H2,1-2H3. The van der Waals surface area contributed by atoms with Gasteiger partial charge in [0.1, 0.15) is 5.75 Å². The highest BCUT2D eigenvalue weighted by atomic mass is 16.3. The van der Waals surface area contributed by atoms with Gasteiger partial charge in [-0.1, -0.05) is 19.9 Å². The molecule has 3 atom stereocenters. The van der Waals surface area contributed by atoms with Crippen LogP contribution in [-0.4, -0.2) is 17.2 Å². The molecular weight excluding hydrogens is 210 g/mol. The number of benzene rings is 1. The van der Waals surface area contributed by atoms with E-state index in [1.54, 1.807) is 0 Å². The number of nitrogens with one attached hydrogen (secondary N) is 1. The van der Waals surface area contributed by atoms with Crippen molar-refractivity contribution in [3.63, 3.8) is 0 Å². The lowest BCUT2D eigenvalue weighted by molar-refractivity contribution is 0.194. The number of piperidine rings is 1. The smallest absolute Gasteiger partial charge is 0.115 e. The molecule has 3 unspecified atom stereocenters. The summed E-state index contributed by atoms with van der Waals surface area (Å²) in [6.45, 7) is 4.62. The summed E-state index contributed by atoms with van der Waals surface area (Å²) in [5, 5.41) is 13.5. The molecule has 0 aromatic heterocycles. The fourth-order valence-corrected chi connectivity index (χ4v) is 3.81. The van der Waals surface area contributed by atoms with E-state index < -0.39 is 0 Å². The highest BCUT2D eigenvalue weighted by Gasteiger charge is 2.42. The van der Waals surface area contributed by atoms with E-state index in [1.807, 2.05) is 12.1 Å². The van der Waals surface area contributed by atoms with Gasteiger partial charge in [0.05, 0.1) is 0 Å². The van der Waals surface area contributed by atoms with Crippen LogP contribution in [0.5, 0.6) is 5.75 Å². The Morgan fingerprint density at radius 3 is 3.00 bits per heavy atom. The van der Waals surface area contributed by atoms with Crippen LogP contribution in [0.2, 0.25) is 0 Å². The first kappa shape index (κ1) is 11.1. The summed E-state index contributed by atoms with van der Waals surface area (Å²) in [4.78, 5) is 0. The van der Waals surface area contributed by atoms with Crippen molar-refractivity contribution >= 4 is 0 Å². The predicted octanol–water partition coefficient (Wildman–Crippen LogP) is 2.74. The summed E-state index contributed by atoms with van der Waals surface area (Å²) >= 11 is 0. The maximum atomic E-state index is 9.71. The van der Waals surface area contributed by atoms with Crippen molar-refractivity contribution in [3.8, 4) is 5.75 Å². The van der Waals surface area contributed by atoms with Crippen molar-refractivity contribution in [2.24, 2.45) is 0 Å². The van der Waals surface area contributed by atoms with Gasteiger partial charge in [-0.2, -0.15) is 0 Å². The second-order valence-electron chi connectivity index (χ2n) is 5.98. The number of phenolic OH excluding ortho intramolecular Hbond substituents is 1. The fraction of sp³-hybridized carbons (Fsp3) is 0.600. The Balaban J connectivity index is 2.05. The van der Waals surface area contributed by atoms with Crippen LogP contribution in [0.4, 0.5) is 0 Å². The Morgan fingerprint density at radius 1 is 1.41 bits per heavy atom. The van der Waals surface area contributed by atoms with E-state index >= 15 is 0 Å². The van der Waals surface area contributed by atoms with Crippen molar-refractivity contribution in [2.45, 2.75) is 57.0 Å². The molecule has 2 bridgehead atoms. The summed E-state index contributed by atoms with van der Waals surface area (Å²) in [7, 11) is 0. The van der Waals surface area contributed by atoms with Gasteiger partial charge >= 0.3 is 0 Å². The normalized spacial score (nSPS) is 35.4. The number of phenols is 1. The summed E-state index contributed by atoms with van der Waals surface area (Å²) in [6, 6.07) is 7.16. The van der Waals surface area contributed by atoms with Gasteiger partial charge in [-0.15, -0.1) is 0 Å². The lowest BCUT2D eigenvalue weighted by atomic mass is 9.63. The minimum absolute atomic E-state index is 0.253. The number of fused-ring (bicyclic) bond motifs is 4. The second-order valence-corrected chi connectivity index (χ2v) is 5.98. The summed E-state index contributed by atoms with van der Waals surface area (Å²) in [5.74, 6) is 0.412. The molecule has 0 spiro atoms. The van der Waals surface area contributed by atoms with E-state index in [-0.39, 0.29) is 5.41 Å². The molecule has 17 heavy (non-hydrogen) atoms. The van der Waals surface area contributed by atoms with Gasteiger partial charge in [0, 0.05) is 12.1 Å². The number of hydrogen-bond acceptors (Lipinski definition) is 2. The van der Waals surface area contributed by atoms with Crippen LogP contribution >= 0.6 is 0 Å². The molecule has 1 aliphatic heterocycles. The lowest BCUT2D eigenvalue weighted by Crippen LogP contribution is -2.54. The highest BCUT2D eigenvalue weighted by molar-refractivity contribution is 5.43. The third-order valence-electron chi connectivity index (χ3n) is 4.57. The molecule has 1 fully saturated rings. The van der Waals surface area contributed by atoms with Gasteiger partial charge in [0.25, 0.3) is 0 Å². The van der Waals surface area contributed by atoms with E-state index in [2.05, 4.69) is 25.2 Å². The van der Waals surface area contributed by atoms with Crippen molar-refractivity contribution < 1.29 is 5.11 Å². The molecule has 2 aliphatic rings. The average Bonchev–Trinajstić information content (AvgIpc) is 2.29. The molecule has 1 saturated heterocycles. The lowest BCUT2D eigenvalue weighted by Gasteiger charge is -2.48. The highest BCUT2D eigenvalue weighted by Crippen LogP contribution is 2.44. The van der Waals surface area contributed by atoms with Crippen molar-refractivity contribution in [1.29, 1.82) is 0 Å². The van der Waals surface area contributed by atoms with Crippen LogP contribution in [-0.2, 0) is 11.8 Å². The zero-order valence-electron chi connectivity index (χ0n) is 10.7. The Hall–Kier alpha value is -1.02. The van der Waals surface area contributed by atoms with Gasteiger partial charge in [-0.3, -0.25) is 0 Å². The van der Waals surface area contributed by atoms with Crippen molar-refractivity contribution in [3.05, 3.63) is 29.3 Å². The minimum atomic E-state index is 0.253. The monoisotopic (exact) mass is 231 g/mol. The van der Waals surface area contributed by atoms with E-state index in [9.17, 15) is 5.11 Å². The molecule has 1 heterocycles. The molecule has 0 amide bonds. The molecule has 1 aromatic carbocycles. The Morgan fingerprint density at radius 2 is 2.24 bits per heavy atom. The van der Waals surface area contributed by atoms with E-state index in [0.717, 1.165) is 6.42 Å². The van der Waals surface area contributed by atoms with Crippen molar-refractivity contribution in [1.82, 2.24) is 5.32 Å². The molecule has 2 nitrogen and oxygen atoms in total. The second kappa shape index (κ2) is 3.74. The number of rotatable bonds is 1. The SMILES string of the molecule is CCC1CC2(C)CC(Cc3ccc(O)cc32)N1. The minimum Gasteiger partial charge on any atom is -0.508 e. The predicted molar refractivity (Wildman–Crippen MR) is 69.4 cm³/mol. The third kappa shape index (κ3) is 1.75. The summed E-state index contributed by atoms with van der Waals surface area (Å²) in [5.41, 5.74) is 3.06. The Bertz CT molecular complexity index is 443. The molecule has 2 N–H and O–H groups in total. The van der Waals surface area contributed by atoms with Crippen molar-refractivity contribution in [2.75, 3.05) is 0 Å². The molecule has 2 heteroatoms. The van der Waals surface area contributed by atoms with Crippen LogP contribution in [0, 0.1) is 0 Å². The van der Waals surface area contributed by atoms with E-state index in [4.69, 9.17) is 0 Å². The van der Waals surface area contributed by atoms with Gasteiger partial charge in [-0.25, -0.2) is 0 Å². The zero-order chi connectivity index (χ0) is 12.0. The van der Waals surface area contributed by atoms with Gasteiger partial charge in [0.2, 0.25) is 0 Å². The molecule has 1 aromatic rings. The fourth-order valence-electron chi connectivity index (χ4n) is 3.81. The largest absolute Gasteiger partial charge is 0.508 e. The Kier molecular flexibility index (Phi) is 2.44. The van der Waals surface area contributed by atoms with Crippen LogP contribution in [0.25, 0.3) is 0 Å². The molecule has 92 valence electrons. The molecular formula is C15H21NO. The first-order chi connectivity index (χ1) is 8.10. The van der Waals surface area contributed by atoms with Crippen LogP contribution in [0.3, 0.4) is 0 Å². The maximum Gasteiger partial charge on any atom is 0.115 e. The third-order valence-corrected chi connectivity index (χ3v) is 4.57. The van der Waals surface area contributed by atoms with Gasteiger partial charge < -0.3 is 10.4 Å². The summed E-state index contributed by atoms with van der Waals surface area (Å²) in [6.07, 6.45) is 4.71. The van der Waals surface area contributed by atoms with Gasteiger partial charge in [-0.05, 0) is 54.4 Å². The molecule has 0 radical (unpaired) electrons. The topological polar surface area (TPSA) is 32.3 Å². The van der Waals surface area contributed by atoms with E-state index in [0.29, 0.717) is 17.8 Å². The molecule has 0 saturated carbocycles. The van der Waals surface area contributed by atoms with Crippen LogP contribution < -0.4 is 5.32 Å². The quantitative estimate of drug-likeness (QED) is 0.779. The summed E-state index contributed by atoms with van der Waals surface area (Å²) < 4.78 is 0. The van der Waals surface area contributed by atoms with Crippen LogP contribution in [0.1, 0.15) is 44.2 Å². The molecule has 3 rings (SSSR count). The van der Waals surface area contributed by atoms with E-state index in [1.165, 1.54) is 30.4 Å². The maximum absolute atomic E-state index is 9.71. The first-order valence-electron chi connectivity index (χ1n) is 6.69. The first-order valence-corrected chi connectivity index (χ1v) is 6.69. The zero-order valence-corrected chi connectivity index (χ0v) is 10.7. The molecule has 1 aliphatic carbocycles.